The molecule has 1 heterocycles. The maximum Gasteiger partial charge on any atom is 0.261 e. The maximum absolute atomic E-state index is 12.4. The van der Waals surface area contributed by atoms with E-state index in [4.69, 9.17) is 4.74 Å². The fraction of sp³-hybridized carbons (Fsp3) is 0.500. The van der Waals surface area contributed by atoms with Crippen molar-refractivity contribution in [1.29, 1.82) is 0 Å². The Balaban J connectivity index is 2.02. The van der Waals surface area contributed by atoms with Gasteiger partial charge in [0.25, 0.3) is 5.91 Å². The van der Waals surface area contributed by atoms with Crippen LogP contribution in [0.2, 0.25) is 0 Å². The minimum absolute atomic E-state index is 0.0236. The minimum atomic E-state index is -0.0885. The van der Waals surface area contributed by atoms with Crippen molar-refractivity contribution in [2.75, 3.05) is 20.3 Å². The number of aryl methyl sites for hydroxylation is 1. The second kappa shape index (κ2) is 7.32. The summed E-state index contributed by atoms with van der Waals surface area (Å²) in [6.45, 7) is 6.82. The van der Waals surface area contributed by atoms with Gasteiger partial charge in [-0.3, -0.25) is 4.79 Å². The summed E-state index contributed by atoms with van der Waals surface area (Å²) in [6.07, 6.45) is 1.74. The summed E-state index contributed by atoms with van der Waals surface area (Å²) in [5.41, 5.74) is 0.909. The van der Waals surface area contributed by atoms with Gasteiger partial charge in [-0.1, -0.05) is 13.8 Å². The summed E-state index contributed by atoms with van der Waals surface area (Å²) in [6, 6.07) is 5.88. The van der Waals surface area contributed by atoms with Gasteiger partial charge < -0.3 is 15.2 Å². The molecule has 1 aromatic carbocycles. The number of carbonyl (C=O) groups is 1. The SMILES string of the molecule is COc1ccc2sc(C(=O)NCCCC(C)(C)CO)c(C)c2c1. The minimum Gasteiger partial charge on any atom is -0.497 e. The van der Waals surface area contributed by atoms with E-state index < -0.39 is 0 Å². The van der Waals surface area contributed by atoms with Crippen molar-refractivity contribution in [3.8, 4) is 5.75 Å². The third-order valence-corrected chi connectivity index (χ3v) is 5.37. The van der Waals surface area contributed by atoms with Gasteiger partial charge in [0.05, 0.1) is 12.0 Å². The maximum atomic E-state index is 12.4. The number of hydrogen-bond donors (Lipinski definition) is 2. The number of thiophene rings is 1. The molecule has 1 amide bonds. The van der Waals surface area contributed by atoms with Gasteiger partial charge in [0.1, 0.15) is 5.75 Å². The summed E-state index contributed by atoms with van der Waals surface area (Å²) in [5, 5.41) is 13.3. The van der Waals surface area contributed by atoms with Crippen molar-refractivity contribution >= 4 is 27.3 Å². The first-order valence-corrected chi connectivity index (χ1v) is 8.66. The molecule has 0 unspecified atom stereocenters. The largest absolute Gasteiger partial charge is 0.497 e. The first-order chi connectivity index (χ1) is 10.9. The number of aliphatic hydroxyl groups is 1. The highest BCUT2D eigenvalue weighted by molar-refractivity contribution is 7.21. The second-order valence-electron chi connectivity index (χ2n) is 6.60. The predicted octanol–water partition coefficient (Wildman–Crippen LogP) is 3.75. The van der Waals surface area contributed by atoms with Gasteiger partial charge in [-0.05, 0) is 54.3 Å². The van der Waals surface area contributed by atoms with Crippen LogP contribution < -0.4 is 10.1 Å². The van der Waals surface area contributed by atoms with Crippen LogP contribution in [0.15, 0.2) is 18.2 Å². The zero-order valence-corrected chi connectivity index (χ0v) is 15.0. The van der Waals surface area contributed by atoms with E-state index in [0.29, 0.717) is 6.54 Å². The average molecular weight is 335 g/mol. The van der Waals surface area contributed by atoms with Crippen LogP contribution in [0.25, 0.3) is 10.1 Å². The lowest BCUT2D eigenvalue weighted by molar-refractivity contribution is 0.0952. The highest BCUT2D eigenvalue weighted by atomic mass is 32.1. The third-order valence-electron chi connectivity index (χ3n) is 4.09. The van der Waals surface area contributed by atoms with E-state index in [1.807, 2.05) is 39.0 Å². The highest BCUT2D eigenvalue weighted by Crippen LogP contribution is 2.33. The number of aliphatic hydroxyl groups excluding tert-OH is 1. The van der Waals surface area contributed by atoms with Crippen LogP contribution in [-0.2, 0) is 0 Å². The quantitative estimate of drug-likeness (QED) is 0.758. The number of fused-ring (bicyclic) bond motifs is 1. The van der Waals surface area contributed by atoms with E-state index >= 15 is 0 Å². The molecule has 2 rings (SSSR count). The molecule has 0 saturated carbocycles. The number of benzene rings is 1. The van der Waals surface area contributed by atoms with Crippen LogP contribution in [0.3, 0.4) is 0 Å². The van der Waals surface area contributed by atoms with Gasteiger partial charge in [-0.15, -0.1) is 11.3 Å². The second-order valence-corrected chi connectivity index (χ2v) is 7.65. The monoisotopic (exact) mass is 335 g/mol. The molecule has 23 heavy (non-hydrogen) atoms. The lowest BCUT2D eigenvalue weighted by Crippen LogP contribution is -2.26. The van der Waals surface area contributed by atoms with Crippen LogP contribution in [0, 0.1) is 12.3 Å². The van der Waals surface area contributed by atoms with Gasteiger partial charge >= 0.3 is 0 Å². The topological polar surface area (TPSA) is 58.6 Å². The molecule has 0 aliphatic rings. The molecule has 4 nitrogen and oxygen atoms in total. The summed E-state index contributed by atoms with van der Waals surface area (Å²) >= 11 is 1.51. The smallest absolute Gasteiger partial charge is 0.261 e. The molecule has 0 radical (unpaired) electrons. The summed E-state index contributed by atoms with van der Waals surface area (Å²) in [5.74, 6) is 0.779. The zero-order chi connectivity index (χ0) is 17.0. The fourth-order valence-corrected chi connectivity index (χ4v) is 3.58. The van der Waals surface area contributed by atoms with E-state index in [9.17, 15) is 9.90 Å². The number of amides is 1. The normalized spacial score (nSPS) is 11.7. The van der Waals surface area contributed by atoms with Crippen LogP contribution in [0.5, 0.6) is 5.75 Å². The van der Waals surface area contributed by atoms with Crippen molar-refractivity contribution in [2.24, 2.45) is 5.41 Å². The predicted molar refractivity (Wildman–Crippen MR) is 95.5 cm³/mol. The first kappa shape index (κ1) is 17.8. The van der Waals surface area contributed by atoms with Crippen molar-refractivity contribution in [1.82, 2.24) is 5.32 Å². The molecule has 0 atom stereocenters. The standard InChI is InChI=1S/C18H25NO3S/c1-12-14-10-13(22-4)6-7-15(14)23-16(12)17(21)19-9-5-8-18(2,3)11-20/h6-7,10,20H,5,8-9,11H2,1-4H3,(H,19,21). The van der Waals surface area contributed by atoms with E-state index in [2.05, 4.69) is 5.32 Å². The zero-order valence-electron chi connectivity index (χ0n) is 14.2. The lowest BCUT2D eigenvalue weighted by atomic mass is 9.89. The number of hydrogen-bond acceptors (Lipinski definition) is 4. The van der Waals surface area contributed by atoms with Gasteiger partial charge in [0.15, 0.2) is 0 Å². The van der Waals surface area contributed by atoms with Crippen molar-refractivity contribution < 1.29 is 14.6 Å². The molecule has 2 aromatic rings. The Morgan fingerprint density at radius 3 is 2.78 bits per heavy atom. The Hall–Kier alpha value is -1.59. The van der Waals surface area contributed by atoms with E-state index in [0.717, 1.165) is 39.1 Å². The van der Waals surface area contributed by atoms with Crippen LogP contribution in [0.4, 0.5) is 0 Å². The van der Waals surface area contributed by atoms with Crippen LogP contribution in [0.1, 0.15) is 41.9 Å². The Morgan fingerprint density at radius 1 is 1.39 bits per heavy atom. The molecule has 1 aromatic heterocycles. The number of ether oxygens (including phenoxy) is 1. The molecule has 126 valence electrons. The molecular weight excluding hydrogens is 310 g/mol. The summed E-state index contributed by atoms with van der Waals surface area (Å²) < 4.78 is 6.35. The van der Waals surface area contributed by atoms with E-state index in [1.54, 1.807) is 7.11 Å². The molecule has 0 saturated heterocycles. The highest BCUT2D eigenvalue weighted by Gasteiger charge is 2.18. The molecular formula is C18H25NO3S. The third kappa shape index (κ3) is 4.24. The molecule has 0 bridgehead atoms. The molecule has 5 heteroatoms. The molecule has 0 aliphatic heterocycles. The molecule has 0 spiro atoms. The molecule has 2 N–H and O–H groups in total. The lowest BCUT2D eigenvalue weighted by Gasteiger charge is -2.21. The number of carbonyl (C=O) groups excluding carboxylic acids is 1. The van der Waals surface area contributed by atoms with Gasteiger partial charge in [0.2, 0.25) is 0 Å². The Morgan fingerprint density at radius 2 is 2.13 bits per heavy atom. The first-order valence-electron chi connectivity index (χ1n) is 7.84. The number of methoxy groups -OCH3 is 1. The van der Waals surface area contributed by atoms with Crippen molar-refractivity contribution in [3.05, 3.63) is 28.6 Å². The Bertz CT molecular complexity index is 691. The molecule has 0 fully saturated rings. The Kier molecular flexibility index (Phi) is 5.65. The molecule has 0 aliphatic carbocycles. The van der Waals surface area contributed by atoms with E-state index in [-0.39, 0.29) is 17.9 Å². The van der Waals surface area contributed by atoms with Gasteiger partial charge in [-0.25, -0.2) is 0 Å². The van der Waals surface area contributed by atoms with Crippen LogP contribution in [-0.4, -0.2) is 31.3 Å². The average Bonchev–Trinajstić information content (AvgIpc) is 2.88. The summed E-state index contributed by atoms with van der Waals surface area (Å²) in [4.78, 5) is 13.2. The number of nitrogens with one attached hydrogen (secondary N) is 1. The fourth-order valence-electron chi connectivity index (χ4n) is 2.47. The summed E-state index contributed by atoms with van der Waals surface area (Å²) in [7, 11) is 1.64. The Labute approximate surface area is 141 Å². The van der Waals surface area contributed by atoms with Crippen molar-refractivity contribution in [2.45, 2.75) is 33.6 Å². The number of rotatable bonds is 7. The van der Waals surface area contributed by atoms with Crippen LogP contribution >= 0.6 is 11.3 Å². The van der Waals surface area contributed by atoms with E-state index in [1.165, 1.54) is 11.3 Å². The van der Waals surface area contributed by atoms with Gasteiger partial charge in [0, 0.05) is 17.9 Å². The van der Waals surface area contributed by atoms with Gasteiger partial charge in [-0.2, -0.15) is 0 Å². The van der Waals surface area contributed by atoms with Crippen molar-refractivity contribution in [3.63, 3.8) is 0 Å².